The van der Waals surface area contributed by atoms with E-state index in [4.69, 9.17) is 11.6 Å². The summed E-state index contributed by atoms with van der Waals surface area (Å²) in [6.07, 6.45) is 0. The Morgan fingerprint density at radius 3 is 2.50 bits per heavy atom. The van der Waals surface area contributed by atoms with Crippen LogP contribution in [0.15, 0.2) is 45.3 Å². The predicted molar refractivity (Wildman–Crippen MR) is 85.4 cm³/mol. The third-order valence-corrected chi connectivity index (χ3v) is 4.72. The van der Waals surface area contributed by atoms with E-state index in [1.807, 2.05) is 18.2 Å². The molecule has 0 saturated heterocycles. The zero-order chi connectivity index (χ0) is 13.1. The summed E-state index contributed by atoms with van der Waals surface area (Å²) < 4.78 is 2.04. The van der Waals surface area contributed by atoms with Crippen LogP contribution >= 0.6 is 43.5 Å². The molecule has 0 bridgehead atoms. The number of nitrogens with one attached hydrogen (secondary N) is 1. The third-order valence-electron chi connectivity index (χ3n) is 2.65. The van der Waals surface area contributed by atoms with Gasteiger partial charge in [-0.15, -0.1) is 0 Å². The fourth-order valence-corrected chi connectivity index (χ4v) is 2.48. The maximum atomic E-state index is 5.96. The molecule has 0 aliphatic heterocycles. The lowest BCUT2D eigenvalue weighted by molar-refractivity contribution is 1.14. The van der Waals surface area contributed by atoms with Crippen molar-refractivity contribution in [1.29, 1.82) is 0 Å². The van der Waals surface area contributed by atoms with E-state index in [1.165, 1.54) is 11.1 Å². The summed E-state index contributed by atoms with van der Waals surface area (Å²) >= 11 is 12.9. The Labute approximate surface area is 129 Å². The van der Waals surface area contributed by atoms with E-state index in [-0.39, 0.29) is 0 Å². The Kier molecular flexibility index (Phi) is 4.71. The van der Waals surface area contributed by atoms with Crippen molar-refractivity contribution in [2.24, 2.45) is 0 Å². The fourth-order valence-electron chi connectivity index (χ4n) is 1.56. The first-order valence-electron chi connectivity index (χ1n) is 5.50. The van der Waals surface area contributed by atoms with Crippen molar-refractivity contribution in [3.8, 4) is 0 Å². The van der Waals surface area contributed by atoms with E-state index in [2.05, 4.69) is 62.3 Å². The lowest BCUT2D eigenvalue weighted by Crippen LogP contribution is -1.99. The number of rotatable bonds is 3. The van der Waals surface area contributed by atoms with Crippen LogP contribution in [0.4, 0.5) is 5.69 Å². The Morgan fingerprint density at radius 2 is 1.83 bits per heavy atom. The molecule has 4 heteroatoms. The van der Waals surface area contributed by atoms with E-state index in [0.29, 0.717) is 0 Å². The SMILES string of the molecule is Cc1ccc(NCc2ccc(Cl)c(Br)c2)cc1Br. The van der Waals surface area contributed by atoms with Crippen molar-refractivity contribution in [3.05, 3.63) is 61.5 Å². The van der Waals surface area contributed by atoms with Gasteiger partial charge >= 0.3 is 0 Å². The highest BCUT2D eigenvalue weighted by atomic mass is 79.9. The minimum atomic E-state index is 0.733. The predicted octanol–water partition coefficient (Wildman–Crippen LogP) is 5.79. The molecule has 1 N–H and O–H groups in total. The summed E-state index contributed by atoms with van der Waals surface area (Å²) in [7, 11) is 0. The van der Waals surface area contributed by atoms with Gasteiger partial charge in [-0.2, -0.15) is 0 Å². The quantitative estimate of drug-likeness (QED) is 0.701. The average molecular weight is 390 g/mol. The monoisotopic (exact) mass is 387 g/mol. The minimum Gasteiger partial charge on any atom is -0.381 e. The summed E-state index contributed by atoms with van der Waals surface area (Å²) in [5.74, 6) is 0. The largest absolute Gasteiger partial charge is 0.381 e. The maximum absolute atomic E-state index is 5.96. The van der Waals surface area contributed by atoms with Gasteiger partial charge in [0.05, 0.1) is 5.02 Å². The number of hydrogen-bond acceptors (Lipinski definition) is 1. The highest BCUT2D eigenvalue weighted by Gasteiger charge is 2.00. The van der Waals surface area contributed by atoms with E-state index in [1.54, 1.807) is 0 Å². The Balaban J connectivity index is 2.06. The van der Waals surface area contributed by atoms with Crippen molar-refractivity contribution in [1.82, 2.24) is 0 Å². The number of aryl methyl sites for hydroxylation is 1. The van der Waals surface area contributed by atoms with Crippen LogP contribution in [0.2, 0.25) is 5.02 Å². The zero-order valence-corrected chi connectivity index (χ0v) is 13.7. The van der Waals surface area contributed by atoms with Crippen LogP contribution in [-0.2, 0) is 6.54 Å². The van der Waals surface area contributed by atoms with E-state index in [0.717, 1.165) is 26.2 Å². The van der Waals surface area contributed by atoms with Gasteiger partial charge in [-0.1, -0.05) is 39.7 Å². The molecule has 94 valence electrons. The van der Waals surface area contributed by atoms with Gasteiger partial charge < -0.3 is 5.32 Å². The highest BCUT2D eigenvalue weighted by molar-refractivity contribution is 9.10. The van der Waals surface area contributed by atoms with Crippen LogP contribution < -0.4 is 5.32 Å². The summed E-state index contributed by atoms with van der Waals surface area (Å²) in [5.41, 5.74) is 3.51. The normalized spacial score (nSPS) is 10.4. The fraction of sp³-hybridized carbons (Fsp3) is 0.143. The van der Waals surface area contributed by atoms with E-state index in [9.17, 15) is 0 Å². The third kappa shape index (κ3) is 3.50. The Hall–Kier alpha value is -0.510. The number of hydrogen-bond donors (Lipinski definition) is 1. The molecule has 18 heavy (non-hydrogen) atoms. The van der Waals surface area contributed by atoms with Crippen LogP contribution in [0.3, 0.4) is 0 Å². The molecule has 0 aromatic heterocycles. The van der Waals surface area contributed by atoms with Crippen molar-refractivity contribution in [3.63, 3.8) is 0 Å². The number of halogens is 3. The van der Waals surface area contributed by atoms with Crippen molar-refractivity contribution in [2.45, 2.75) is 13.5 Å². The zero-order valence-electron chi connectivity index (χ0n) is 9.81. The molecule has 2 aromatic carbocycles. The molecule has 0 heterocycles. The van der Waals surface area contributed by atoms with Crippen molar-refractivity contribution in [2.75, 3.05) is 5.32 Å². The van der Waals surface area contributed by atoms with Crippen molar-refractivity contribution < 1.29 is 0 Å². The highest BCUT2D eigenvalue weighted by Crippen LogP contribution is 2.24. The van der Waals surface area contributed by atoms with Gasteiger partial charge in [0, 0.05) is 21.2 Å². The van der Waals surface area contributed by atoms with Gasteiger partial charge in [-0.05, 0) is 58.2 Å². The number of anilines is 1. The smallest absolute Gasteiger partial charge is 0.0548 e. The van der Waals surface area contributed by atoms with Gasteiger partial charge in [-0.3, -0.25) is 0 Å². The molecular weight excluding hydrogens is 377 g/mol. The first-order valence-corrected chi connectivity index (χ1v) is 7.46. The van der Waals surface area contributed by atoms with E-state index >= 15 is 0 Å². The second kappa shape index (κ2) is 6.09. The van der Waals surface area contributed by atoms with E-state index < -0.39 is 0 Å². The van der Waals surface area contributed by atoms with Gasteiger partial charge in [-0.25, -0.2) is 0 Å². The lowest BCUT2D eigenvalue weighted by Gasteiger charge is -2.09. The molecule has 0 aliphatic rings. The second-order valence-corrected chi connectivity index (χ2v) is 6.18. The van der Waals surface area contributed by atoms with Crippen LogP contribution in [0.5, 0.6) is 0 Å². The molecule has 0 spiro atoms. The number of benzene rings is 2. The summed E-state index contributed by atoms with van der Waals surface area (Å²) in [4.78, 5) is 0. The van der Waals surface area contributed by atoms with Crippen LogP contribution in [0.1, 0.15) is 11.1 Å². The molecule has 0 fully saturated rings. The molecule has 0 aliphatic carbocycles. The molecule has 1 nitrogen and oxygen atoms in total. The molecule has 0 atom stereocenters. The first-order chi connectivity index (χ1) is 8.56. The molecule has 0 unspecified atom stereocenters. The Morgan fingerprint density at radius 1 is 1.06 bits per heavy atom. The summed E-state index contributed by atoms with van der Waals surface area (Å²) in [6, 6.07) is 12.2. The van der Waals surface area contributed by atoms with Gasteiger partial charge in [0.1, 0.15) is 0 Å². The maximum Gasteiger partial charge on any atom is 0.0548 e. The molecule has 0 saturated carbocycles. The minimum absolute atomic E-state index is 0.733. The first kappa shape index (κ1) is 13.9. The molecule has 2 rings (SSSR count). The lowest BCUT2D eigenvalue weighted by atomic mass is 10.2. The molecule has 0 amide bonds. The van der Waals surface area contributed by atoms with Crippen LogP contribution in [0, 0.1) is 6.92 Å². The topological polar surface area (TPSA) is 12.0 Å². The molecular formula is C14H12Br2ClN. The molecule has 0 radical (unpaired) electrons. The second-order valence-electron chi connectivity index (χ2n) is 4.07. The standard InChI is InChI=1S/C14H12Br2ClN/c1-9-2-4-11(7-12(9)15)18-8-10-3-5-14(17)13(16)6-10/h2-7,18H,8H2,1H3. The van der Waals surface area contributed by atoms with Gasteiger partial charge in [0.15, 0.2) is 0 Å². The summed E-state index contributed by atoms with van der Waals surface area (Å²) in [6.45, 7) is 2.84. The van der Waals surface area contributed by atoms with Crippen molar-refractivity contribution >= 4 is 49.1 Å². The van der Waals surface area contributed by atoms with Gasteiger partial charge in [0.25, 0.3) is 0 Å². The molecule has 2 aromatic rings. The van der Waals surface area contributed by atoms with Gasteiger partial charge in [0.2, 0.25) is 0 Å². The van der Waals surface area contributed by atoms with Crippen LogP contribution in [0.25, 0.3) is 0 Å². The van der Waals surface area contributed by atoms with Crippen LogP contribution in [-0.4, -0.2) is 0 Å². The summed E-state index contributed by atoms with van der Waals surface area (Å²) in [5, 5.41) is 4.11. The Bertz CT molecular complexity index is 518. The average Bonchev–Trinajstić information content (AvgIpc) is 2.35.